The van der Waals surface area contributed by atoms with Crippen molar-refractivity contribution < 1.29 is 9.72 Å². The Morgan fingerprint density at radius 2 is 2.04 bits per heavy atom. The van der Waals surface area contributed by atoms with E-state index in [-0.39, 0.29) is 11.6 Å². The zero-order valence-corrected chi connectivity index (χ0v) is 13.8. The largest absolute Gasteiger partial charge is 0.298 e. The lowest BCUT2D eigenvalue weighted by molar-refractivity contribution is -0.385. The Labute approximate surface area is 145 Å². The normalized spacial score (nSPS) is 10.8. The van der Waals surface area contributed by atoms with Gasteiger partial charge in [-0.25, -0.2) is 4.98 Å². The van der Waals surface area contributed by atoms with E-state index in [1.165, 1.54) is 29.6 Å². The Morgan fingerprint density at radius 1 is 1.21 bits per heavy atom. The molecule has 24 heavy (non-hydrogen) atoms. The van der Waals surface area contributed by atoms with Crippen molar-refractivity contribution in [3.05, 3.63) is 68.9 Å². The molecule has 1 aromatic carbocycles. The second-order valence-corrected chi connectivity index (χ2v) is 6.46. The predicted octanol–water partition coefficient (Wildman–Crippen LogP) is 4.43. The molecule has 2 heterocycles. The van der Waals surface area contributed by atoms with Crippen molar-refractivity contribution in [2.45, 2.75) is 0 Å². The number of rotatable bonds is 5. The quantitative estimate of drug-likeness (QED) is 0.416. The molecule has 0 fully saturated rings. The standard InChI is InChI=1S/C16H11N3O3S2/c20-15(8-7-11-4-1-2-5-13(11)19(21)22)18-16-17-12(10-24-16)14-6-3-9-23-14/h1-10H,(H,17,18,20)/b8-7+. The highest BCUT2D eigenvalue weighted by Crippen LogP contribution is 2.28. The number of carbonyl (C=O) groups is 1. The molecule has 1 N–H and O–H groups in total. The number of para-hydroxylation sites is 1. The number of hydrogen-bond donors (Lipinski definition) is 1. The predicted molar refractivity (Wildman–Crippen MR) is 96.2 cm³/mol. The summed E-state index contributed by atoms with van der Waals surface area (Å²) >= 11 is 2.90. The molecular formula is C16H11N3O3S2. The fourth-order valence-electron chi connectivity index (χ4n) is 1.98. The first-order valence-corrected chi connectivity index (χ1v) is 8.61. The smallest absolute Gasteiger partial charge is 0.276 e. The summed E-state index contributed by atoms with van der Waals surface area (Å²) in [4.78, 5) is 27.8. The number of anilines is 1. The van der Waals surface area contributed by atoms with Gasteiger partial charge in [-0.05, 0) is 23.6 Å². The van der Waals surface area contributed by atoms with Gasteiger partial charge in [-0.15, -0.1) is 22.7 Å². The average molecular weight is 357 g/mol. The Kier molecular flexibility index (Phi) is 4.78. The van der Waals surface area contributed by atoms with Crippen molar-refractivity contribution in [3.8, 4) is 10.6 Å². The van der Waals surface area contributed by atoms with E-state index in [0.717, 1.165) is 10.6 Å². The number of nitro benzene ring substituents is 1. The van der Waals surface area contributed by atoms with E-state index < -0.39 is 4.92 Å². The van der Waals surface area contributed by atoms with Gasteiger partial charge in [0.05, 0.1) is 21.1 Å². The Balaban J connectivity index is 1.69. The van der Waals surface area contributed by atoms with Crippen LogP contribution in [0.15, 0.2) is 53.2 Å². The Bertz CT molecular complexity index is 901. The minimum Gasteiger partial charge on any atom is -0.298 e. The topological polar surface area (TPSA) is 85.1 Å². The maximum atomic E-state index is 12.0. The summed E-state index contributed by atoms with van der Waals surface area (Å²) in [6.07, 6.45) is 2.68. The molecule has 0 aliphatic heterocycles. The monoisotopic (exact) mass is 357 g/mol. The molecular weight excluding hydrogens is 346 g/mol. The highest BCUT2D eigenvalue weighted by molar-refractivity contribution is 7.16. The number of thiazole rings is 1. The molecule has 0 radical (unpaired) electrons. The molecule has 0 aliphatic rings. The van der Waals surface area contributed by atoms with Gasteiger partial charge in [-0.1, -0.05) is 18.2 Å². The summed E-state index contributed by atoms with van der Waals surface area (Å²) in [5, 5.41) is 17.9. The summed E-state index contributed by atoms with van der Waals surface area (Å²) in [6.45, 7) is 0. The molecule has 0 unspecified atom stereocenters. The van der Waals surface area contributed by atoms with E-state index in [2.05, 4.69) is 10.3 Å². The van der Waals surface area contributed by atoms with Gasteiger partial charge in [-0.3, -0.25) is 20.2 Å². The van der Waals surface area contributed by atoms with Crippen molar-refractivity contribution in [1.29, 1.82) is 0 Å². The van der Waals surface area contributed by atoms with Crippen LogP contribution in [-0.4, -0.2) is 15.8 Å². The lowest BCUT2D eigenvalue weighted by Gasteiger charge is -1.97. The third kappa shape index (κ3) is 3.73. The van der Waals surface area contributed by atoms with Crippen LogP contribution in [0.2, 0.25) is 0 Å². The molecule has 0 atom stereocenters. The molecule has 0 spiro atoms. The zero-order chi connectivity index (χ0) is 16.9. The highest BCUT2D eigenvalue weighted by Gasteiger charge is 2.10. The van der Waals surface area contributed by atoms with E-state index in [1.54, 1.807) is 29.5 Å². The minimum atomic E-state index is -0.480. The van der Waals surface area contributed by atoms with E-state index in [1.807, 2.05) is 22.9 Å². The van der Waals surface area contributed by atoms with Gasteiger partial charge in [0.15, 0.2) is 5.13 Å². The van der Waals surface area contributed by atoms with E-state index in [0.29, 0.717) is 10.7 Å². The molecule has 2 aromatic heterocycles. The maximum Gasteiger partial charge on any atom is 0.276 e. The van der Waals surface area contributed by atoms with Crippen LogP contribution >= 0.6 is 22.7 Å². The third-order valence-corrected chi connectivity index (χ3v) is 4.71. The lowest BCUT2D eigenvalue weighted by atomic mass is 10.1. The summed E-state index contributed by atoms with van der Waals surface area (Å²) in [5.41, 5.74) is 1.14. The fourth-order valence-corrected chi connectivity index (χ4v) is 3.45. The van der Waals surface area contributed by atoms with Crippen LogP contribution < -0.4 is 5.32 Å². The van der Waals surface area contributed by atoms with Crippen molar-refractivity contribution in [3.63, 3.8) is 0 Å². The van der Waals surface area contributed by atoms with Crippen LogP contribution in [0.3, 0.4) is 0 Å². The van der Waals surface area contributed by atoms with Crippen LogP contribution in [0.5, 0.6) is 0 Å². The average Bonchev–Trinajstić information content (AvgIpc) is 3.24. The first-order chi connectivity index (χ1) is 11.6. The van der Waals surface area contributed by atoms with Crippen molar-refractivity contribution in [1.82, 2.24) is 4.98 Å². The summed E-state index contributed by atoms with van der Waals surface area (Å²) in [5.74, 6) is -0.389. The lowest BCUT2D eigenvalue weighted by Crippen LogP contribution is -2.07. The first kappa shape index (κ1) is 16.0. The van der Waals surface area contributed by atoms with Crippen LogP contribution in [0.1, 0.15) is 5.56 Å². The third-order valence-electron chi connectivity index (χ3n) is 3.06. The van der Waals surface area contributed by atoms with Crippen molar-refractivity contribution in [2.24, 2.45) is 0 Å². The molecule has 3 rings (SSSR count). The molecule has 6 nitrogen and oxygen atoms in total. The SMILES string of the molecule is O=C(/C=C/c1ccccc1[N+](=O)[O-])Nc1nc(-c2cccs2)cs1. The van der Waals surface area contributed by atoms with Gasteiger partial charge in [0, 0.05) is 17.5 Å². The van der Waals surface area contributed by atoms with E-state index in [9.17, 15) is 14.9 Å². The van der Waals surface area contributed by atoms with E-state index in [4.69, 9.17) is 0 Å². The highest BCUT2D eigenvalue weighted by atomic mass is 32.1. The van der Waals surface area contributed by atoms with Gasteiger partial charge in [0.2, 0.25) is 5.91 Å². The van der Waals surface area contributed by atoms with Crippen molar-refractivity contribution >= 4 is 45.5 Å². The number of nitro groups is 1. The number of nitrogens with zero attached hydrogens (tertiary/aromatic N) is 2. The fraction of sp³-hybridized carbons (Fsp3) is 0. The van der Waals surface area contributed by atoms with Gasteiger partial charge >= 0.3 is 0 Å². The van der Waals surface area contributed by atoms with Gasteiger partial charge < -0.3 is 0 Å². The second-order valence-electron chi connectivity index (χ2n) is 4.65. The summed E-state index contributed by atoms with van der Waals surface area (Å²) in [6, 6.07) is 10.1. The first-order valence-electron chi connectivity index (χ1n) is 6.85. The van der Waals surface area contributed by atoms with Crippen LogP contribution in [0, 0.1) is 10.1 Å². The van der Waals surface area contributed by atoms with Gasteiger partial charge in [0.25, 0.3) is 5.69 Å². The number of nitrogens with one attached hydrogen (secondary N) is 1. The molecule has 8 heteroatoms. The minimum absolute atomic E-state index is 0.0456. The van der Waals surface area contributed by atoms with Gasteiger partial charge in [0.1, 0.15) is 0 Å². The van der Waals surface area contributed by atoms with Gasteiger partial charge in [-0.2, -0.15) is 0 Å². The van der Waals surface area contributed by atoms with Crippen LogP contribution in [0.25, 0.3) is 16.6 Å². The maximum absolute atomic E-state index is 12.0. The number of carbonyl (C=O) groups excluding carboxylic acids is 1. The molecule has 1 amide bonds. The second kappa shape index (κ2) is 7.16. The zero-order valence-electron chi connectivity index (χ0n) is 12.2. The molecule has 0 aliphatic carbocycles. The number of hydrogen-bond acceptors (Lipinski definition) is 6. The number of thiophene rings is 1. The number of benzene rings is 1. The summed E-state index contributed by atoms with van der Waals surface area (Å²) in [7, 11) is 0. The van der Waals surface area contributed by atoms with Crippen LogP contribution in [0.4, 0.5) is 10.8 Å². The number of aromatic nitrogens is 1. The van der Waals surface area contributed by atoms with Crippen molar-refractivity contribution in [2.75, 3.05) is 5.32 Å². The molecule has 0 saturated heterocycles. The van der Waals surface area contributed by atoms with E-state index >= 15 is 0 Å². The molecule has 0 saturated carbocycles. The Morgan fingerprint density at radius 3 is 2.79 bits per heavy atom. The Hall–Kier alpha value is -2.84. The number of amides is 1. The molecule has 3 aromatic rings. The van der Waals surface area contributed by atoms with Crippen LogP contribution in [-0.2, 0) is 4.79 Å². The molecule has 120 valence electrons. The molecule has 0 bridgehead atoms. The summed E-state index contributed by atoms with van der Waals surface area (Å²) < 4.78 is 0.